The monoisotopic (exact) mass is 395 g/mol. The van der Waals surface area contributed by atoms with Gasteiger partial charge in [0, 0.05) is 19.0 Å². The Morgan fingerprint density at radius 2 is 1.97 bits per heavy atom. The predicted octanol–water partition coefficient (Wildman–Crippen LogP) is 3.91. The van der Waals surface area contributed by atoms with Gasteiger partial charge in [0.15, 0.2) is 0 Å². The van der Waals surface area contributed by atoms with Crippen molar-refractivity contribution in [3.05, 3.63) is 65.5 Å². The van der Waals surface area contributed by atoms with Crippen LogP contribution in [0.2, 0.25) is 0 Å². The fraction of sp³-hybridized carbons (Fsp3) is 0.391. The highest BCUT2D eigenvalue weighted by Crippen LogP contribution is 2.43. The molecular formula is C23H25NO5. The van der Waals surface area contributed by atoms with Crippen LogP contribution in [0.25, 0.3) is 5.57 Å². The number of amides is 1. The fourth-order valence-electron chi connectivity index (χ4n) is 4.29. The van der Waals surface area contributed by atoms with Gasteiger partial charge in [-0.2, -0.15) is 0 Å². The molecule has 1 aliphatic carbocycles. The summed E-state index contributed by atoms with van der Waals surface area (Å²) in [6.07, 6.45) is 5.88. The number of methoxy groups -OCH3 is 1. The predicted molar refractivity (Wildman–Crippen MR) is 107 cm³/mol. The van der Waals surface area contributed by atoms with Crippen molar-refractivity contribution < 1.29 is 23.8 Å². The highest BCUT2D eigenvalue weighted by Gasteiger charge is 2.45. The van der Waals surface area contributed by atoms with Gasteiger partial charge in [-0.15, -0.1) is 0 Å². The van der Waals surface area contributed by atoms with E-state index in [1.54, 1.807) is 4.90 Å². The lowest BCUT2D eigenvalue weighted by atomic mass is 9.84. The Kier molecular flexibility index (Phi) is 5.43. The van der Waals surface area contributed by atoms with Crippen LogP contribution < -0.4 is 0 Å². The summed E-state index contributed by atoms with van der Waals surface area (Å²) in [6.45, 7) is 3.07. The summed E-state index contributed by atoms with van der Waals surface area (Å²) in [4.78, 5) is 26.4. The molecule has 0 fully saturated rings. The van der Waals surface area contributed by atoms with Gasteiger partial charge in [-0.25, -0.2) is 9.59 Å². The van der Waals surface area contributed by atoms with Gasteiger partial charge >= 0.3 is 12.1 Å². The molecule has 0 N–H and O–H groups in total. The van der Waals surface area contributed by atoms with Gasteiger partial charge in [-0.05, 0) is 30.9 Å². The third-order valence-corrected chi connectivity index (χ3v) is 5.92. The van der Waals surface area contributed by atoms with Crippen LogP contribution in [-0.4, -0.2) is 43.5 Å². The Hall–Kier alpha value is -3.02. The molecule has 1 amide bonds. The zero-order valence-corrected chi connectivity index (χ0v) is 16.7. The minimum absolute atomic E-state index is 0.0834. The molecule has 4 rings (SSSR count). The SMILES string of the molecule is COC(=O)C1=COC(OC(=O)N2CC=C(c3ccccc3)CC2)C2C(C)=CCC12. The highest BCUT2D eigenvalue weighted by atomic mass is 16.7. The Morgan fingerprint density at radius 1 is 1.17 bits per heavy atom. The van der Waals surface area contributed by atoms with Gasteiger partial charge in [0.05, 0.1) is 24.9 Å². The van der Waals surface area contributed by atoms with Crippen LogP contribution in [0.15, 0.2) is 59.9 Å². The number of carbonyl (C=O) groups is 2. The average Bonchev–Trinajstić information content (AvgIpc) is 3.16. The van der Waals surface area contributed by atoms with Crippen molar-refractivity contribution >= 4 is 17.6 Å². The number of rotatable bonds is 3. The summed E-state index contributed by atoms with van der Waals surface area (Å²) in [5, 5.41) is 0. The molecule has 6 nitrogen and oxygen atoms in total. The zero-order valence-electron chi connectivity index (χ0n) is 16.7. The normalized spacial score (nSPS) is 25.8. The Morgan fingerprint density at radius 3 is 2.66 bits per heavy atom. The van der Waals surface area contributed by atoms with Gasteiger partial charge in [0.2, 0.25) is 0 Å². The van der Waals surface area contributed by atoms with Crippen molar-refractivity contribution in [1.82, 2.24) is 4.90 Å². The maximum atomic E-state index is 12.7. The van der Waals surface area contributed by atoms with Gasteiger partial charge in [0.25, 0.3) is 6.29 Å². The topological polar surface area (TPSA) is 65.1 Å². The Bertz CT molecular complexity index is 886. The molecule has 6 heteroatoms. The molecule has 152 valence electrons. The molecular weight excluding hydrogens is 370 g/mol. The standard InChI is InChI=1S/C23H25NO5/c1-15-8-9-18-19(21(25)27-2)14-28-22(20(15)18)29-23(26)24-12-10-17(11-13-24)16-6-4-3-5-7-16/h3-8,10,14,18,20,22H,9,11-13H2,1-2H3. The molecule has 3 aliphatic rings. The molecule has 1 aromatic rings. The van der Waals surface area contributed by atoms with Crippen LogP contribution >= 0.6 is 0 Å². The van der Waals surface area contributed by atoms with Crippen LogP contribution in [0.3, 0.4) is 0 Å². The maximum Gasteiger partial charge on any atom is 0.413 e. The summed E-state index contributed by atoms with van der Waals surface area (Å²) >= 11 is 0. The van der Waals surface area contributed by atoms with Crippen molar-refractivity contribution in [2.24, 2.45) is 11.8 Å². The van der Waals surface area contributed by atoms with Crippen molar-refractivity contribution in [3.63, 3.8) is 0 Å². The molecule has 2 heterocycles. The van der Waals surface area contributed by atoms with Crippen molar-refractivity contribution in [2.45, 2.75) is 26.1 Å². The smallest absolute Gasteiger partial charge is 0.413 e. The molecule has 2 aliphatic heterocycles. The molecule has 0 radical (unpaired) electrons. The van der Waals surface area contributed by atoms with Crippen molar-refractivity contribution in [2.75, 3.05) is 20.2 Å². The molecule has 3 atom stereocenters. The number of allylic oxidation sites excluding steroid dienone is 1. The van der Waals surface area contributed by atoms with E-state index in [1.165, 1.54) is 24.5 Å². The van der Waals surface area contributed by atoms with Crippen molar-refractivity contribution in [1.29, 1.82) is 0 Å². The first kappa shape index (κ1) is 19.3. The van der Waals surface area contributed by atoms with E-state index in [9.17, 15) is 9.59 Å². The van der Waals surface area contributed by atoms with E-state index in [1.807, 2.05) is 25.1 Å². The first-order valence-electron chi connectivity index (χ1n) is 9.89. The van der Waals surface area contributed by atoms with Gasteiger partial charge in [0.1, 0.15) is 0 Å². The number of fused-ring (bicyclic) bond motifs is 1. The van der Waals surface area contributed by atoms with Gasteiger partial charge in [-0.1, -0.05) is 48.1 Å². The van der Waals surface area contributed by atoms with Crippen LogP contribution in [0.5, 0.6) is 0 Å². The van der Waals surface area contributed by atoms with Gasteiger partial charge < -0.3 is 19.1 Å². The van der Waals surface area contributed by atoms with E-state index in [0.29, 0.717) is 25.1 Å². The van der Waals surface area contributed by atoms with Gasteiger partial charge in [-0.3, -0.25) is 0 Å². The van der Waals surface area contributed by atoms with Crippen molar-refractivity contribution in [3.8, 4) is 0 Å². The largest absolute Gasteiger partial charge is 0.466 e. The lowest BCUT2D eigenvalue weighted by Gasteiger charge is -2.35. The molecule has 0 saturated carbocycles. The molecule has 0 aromatic heterocycles. The number of carbonyl (C=O) groups excluding carboxylic acids is 2. The molecule has 0 saturated heterocycles. The number of hydrogen-bond donors (Lipinski definition) is 0. The molecule has 29 heavy (non-hydrogen) atoms. The van der Waals surface area contributed by atoms with E-state index in [-0.39, 0.29) is 11.8 Å². The second-order valence-corrected chi connectivity index (χ2v) is 7.56. The van der Waals surface area contributed by atoms with Crippen LogP contribution in [0.1, 0.15) is 25.3 Å². The Balaban J connectivity index is 1.42. The minimum atomic E-state index is -0.737. The lowest BCUT2D eigenvalue weighted by molar-refractivity contribution is -0.142. The summed E-state index contributed by atoms with van der Waals surface area (Å²) in [6, 6.07) is 10.2. The number of esters is 1. The molecule has 0 bridgehead atoms. The molecule has 3 unspecified atom stereocenters. The summed E-state index contributed by atoms with van der Waals surface area (Å²) in [5.41, 5.74) is 3.98. The average molecular weight is 395 g/mol. The summed E-state index contributed by atoms with van der Waals surface area (Å²) < 4.78 is 16.2. The number of ether oxygens (including phenoxy) is 3. The first-order valence-corrected chi connectivity index (χ1v) is 9.89. The zero-order chi connectivity index (χ0) is 20.4. The van der Waals surface area contributed by atoms with E-state index in [4.69, 9.17) is 14.2 Å². The highest BCUT2D eigenvalue weighted by molar-refractivity contribution is 5.89. The maximum absolute atomic E-state index is 12.7. The second-order valence-electron chi connectivity index (χ2n) is 7.56. The van der Waals surface area contributed by atoms with E-state index < -0.39 is 18.4 Å². The second kappa shape index (κ2) is 8.15. The summed E-state index contributed by atoms with van der Waals surface area (Å²) in [7, 11) is 1.35. The number of hydrogen-bond acceptors (Lipinski definition) is 5. The molecule has 0 spiro atoms. The lowest BCUT2D eigenvalue weighted by Crippen LogP contribution is -2.42. The van der Waals surface area contributed by atoms with E-state index in [0.717, 1.165) is 12.0 Å². The number of benzene rings is 1. The van der Waals surface area contributed by atoms with E-state index in [2.05, 4.69) is 24.3 Å². The molecule has 1 aromatic carbocycles. The first-order chi connectivity index (χ1) is 14.1. The summed E-state index contributed by atoms with van der Waals surface area (Å²) in [5.74, 6) is -0.652. The van der Waals surface area contributed by atoms with Crippen LogP contribution in [-0.2, 0) is 19.0 Å². The van der Waals surface area contributed by atoms with Crippen LogP contribution in [0.4, 0.5) is 4.79 Å². The number of nitrogens with zero attached hydrogens (tertiary/aromatic N) is 1. The van der Waals surface area contributed by atoms with Crippen LogP contribution in [0, 0.1) is 11.8 Å². The quantitative estimate of drug-likeness (QED) is 0.574. The minimum Gasteiger partial charge on any atom is -0.466 e. The fourth-order valence-corrected chi connectivity index (χ4v) is 4.29. The third kappa shape index (κ3) is 3.79. The van der Waals surface area contributed by atoms with E-state index >= 15 is 0 Å². The Labute approximate surface area is 170 Å². The third-order valence-electron chi connectivity index (χ3n) is 5.92.